The van der Waals surface area contributed by atoms with E-state index in [1.54, 1.807) is 18.2 Å². The lowest BCUT2D eigenvalue weighted by molar-refractivity contribution is -0.127. The first-order valence-corrected chi connectivity index (χ1v) is 13.4. The summed E-state index contributed by atoms with van der Waals surface area (Å²) in [6.45, 7) is 5.72. The van der Waals surface area contributed by atoms with Gasteiger partial charge in [-0.25, -0.2) is 13.4 Å². The van der Waals surface area contributed by atoms with E-state index in [0.29, 0.717) is 30.2 Å². The predicted octanol–water partition coefficient (Wildman–Crippen LogP) is 3.14. The number of carbonyl (C=O) groups is 1. The maximum absolute atomic E-state index is 13.2. The van der Waals surface area contributed by atoms with Crippen LogP contribution in [0, 0.1) is 0 Å². The fourth-order valence-electron chi connectivity index (χ4n) is 4.36. The van der Waals surface area contributed by atoms with Crippen molar-refractivity contribution in [3.63, 3.8) is 0 Å². The summed E-state index contributed by atoms with van der Waals surface area (Å²) in [6.07, 6.45) is 3.30. The molecule has 4 rings (SSSR count). The molecule has 8 nitrogen and oxygen atoms in total. The summed E-state index contributed by atoms with van der Waals surface area (Å²) in [6, 6.07) is 12.4. The zero-order valence-electron chi connectivity index (χ0n) is 20.1. The zero-order chi connectivity index (χ0) is 25.2. The van der Waals surface area contributed by atoms with Crippen molar-refractivity contribution in [3.8, 4) is 11.1 Å². The number of rotatable bonds is 8. The first kappa shape index (κ1) is 25.1. The Bertz CT molecular complexity index is 1270. The molecule has 3 N–H and O–H groups in total. The van der Waals surface area contributed by atoms with Crippen LogP contribution in [0.4, 0.5) is 5.69 Å². The smallest absolute Gasteiger partial charge is 0.250 e. The Morgan fingerprint density at radius 3 is 2.46 bits per heavy atom. The fourth-order valence-corrected chi connectivity index (χ4v) is 5.92. The van der Waals surface area contributed by atoms with Crippen molar-refractivity contribution in [1.82, 2.24) is 9.21 Å². The Balaban J connectivity index is 1.66. The number of amides is 1. The van der Waals surface area contributed by atoms with E-state index >= 15 is 0 Å². The molecule has 186 valence electrons. The van der Waals surface area contributed by atoms with E-state index in [4.69, 9.17) is 5.73 Å². The SMILES string of the molecule is CCCN(CCC)C(=O)C1=Cc2ccc(-c3cccc(S(=O)(=O)N4CC(O)C4)c3)cc2N=C(N)C1. The van der Waals surface area contributed by atoms with E-state index in [1.165, 1.54) is 4.31 Å². The van der Waals surface area contributed by atoms with Crippen LogP contribution in [-0.4, -0.2) is 66.8 Å². The van der Waals surface area contributed by atoms with Gasteiger partial charge in [-0.1, -0.05) is 38.1 Å². The van der Waals surface area contributed by atoms with Crippen LogP contribution in [0.1, 0.15) is 38.7 Å². The molecule has 0 aliphatic carbocycles. The van der Waals surface area contributed by atoms with Gasteiger partial charge in [-0.2, -0.15) is 4.31 Å². The molecule has 1 amide bonds. The van der Waals surface area contributed by atoms with E-state index < -0.39 is 16.1 Å². The summed E-state index contributed by atoms with van der Waals surface area (Å²) < 4.78 is 27.0. The molecule has 9 heteroatoms. The van der Waals surface area contributed by atoms with Gasteiger partial charge >= 0.3 is 0 Å². The third-order valence-corrected chi connectivity index (χ3v) is 8.01. The normalized spacial score (nSPS) is 16.5. The van der Waals surface area contributed by atoms with Gasteiger partial charge < -0.3 is 15.7 Å². The highest BCUT2D eigenvalue weighted by Gasteiger charge is 2.35. The molecule has 2 aliphatic heterocycles. The molecule has 0 radical (unpaired) electrons. The average molecular weight is 497 g/mol. The van der Waals surface area contributed by atoms with Crippen molar-refractivity contribution in [1.29, 1.82) is 0 Å². The number of carbonyl (C=O) groups excluding carboxylic acids is 1. The van der Waals surface area contributed by atoms with E-state index in [2.05, 4.69) is 18.8 Å². The van der Waals surface area contributed by atoms with E-state index in [0.717, 1.165) is 29.5 Å². The maximum atomic E-state index is 13.2. The molecule has 0 aromatic heterocycles. The molecule has 0 spiro atoms. The third kappa shape index (κ3) is 5.32. The van der Waals surface area contributed by atoms with Gasteiger partial charge in [-0.05, 0) is 48.2 Å². The lowest BCUT2D eigenvalue weighted by atomic mass is 10.0. The molecule has 35 heavy (non-hydrogen) atoms. The standard InChI is InChI=1S/C26H32N4O4S/c1-3-10-29(11-4-2)26(32)21-12-20-9-8-19(14-24(20)28-25(27)15-21)18-6-5-7-23(13-18)35(33,34)30-16-22(31)17-30/h5-9,12-14,22,31H,3-4,10-11,15-17H2,1-2H3,(H2,27,28). The number of aliphatic hydroxyl groups is 1. The molecule has 2 aromatic rings. The Hall–Kier alpha value is -3.01. The number of amidine groups is 1. The lowest BCUT2D eigenvalue weighted by Crippen LogP contribution is -2.53. The molecule has 1 fully saturated rings. The molecule has 0 bridgehead atoms. The average Bonchev–Trinajstić information content (AvgIpc) is 2.98. The second-order valence-corrected chi connectivity index (χ2v) is 11.0. The second-order valence-electron chi connectivity index (χ2n) is 9.02. The summed E-state index contributed by atoms with van der Waals surface area (Å²) in [5, 5.41) is 9.50. The number of β-amino-alcohol motifs (C(OH)–C–C–N with tert-alkyl or cyclic N) is 1. The highest BCUT2D eigenvalue weighted by Crippen LogP contribution is 2.33. The van der Waals surface area contributed by atoms with Gasteiger partial charge in [0.05, 0.1) is 16.7 Å². The number of aliphatic hydroxyl groups excluding tert-OH is 1. The van der Waals surface area contributed by atoms with Gasteiger partial charge in [0, 0.05) is 43.7 Å². The van der Waals surface area contributed by atoms with Crippen LogP contribution < -0.4 is 5.73 Å². The Labute approximate surface area is 206 Å². The molecule has 2 aromatic carbocycles. The number of sulfonamides is 1. The first-order valence-electron chi connectivity index (χ1n) is 12.0. The van der Waals surface area contributed by atoms with E-state index in [1.807, 2.05) is 35.2 Å². The largest absolute Gasteiger partial charge is 0.390 e. The van der Waals surface area contributed by atoms with Gasteiger partial charge in [0.15, 0.2) is 0 Å². The molecule has 2 aliphatic rings. The summed E-state index contributed by atoms with van der Waals surface area (Å²) >= 11 is 0. The monoisotopic (exact) mass is 496 g/mol. The van der Waals surface area contributed by atoms with Crippen LogP contribution in [0.2, 0.25) is 0 Å². The van der Waals surface area contributed by atoms with Gasteiger partial charge in [-0.3, -0.25) is 4.79 Å². The van der Waals surface area contributed by atoms with Crippen molar-refractivity contribution < 1.29 is 18.3 Å². The number of fused-ring (bicyclic) bond motifs is 1. The van der Waals surface area contributed by atoms with Crippen molar-refractivity contribution in [2.45, 2.75) is 44.1 Å². The van der Waals surface area contributed by atoms with E-state index in [9.17, 15) is 18.3 Å². The molecule has 0 unspecified atom stereocenters. The van der Waals surface area contributed by atoms with Crippen molar-refractivity contribution in [2.75, 3.05) is 26.2 Å². The summed E-state index contributed by atoms with van der Waals surface area (Å²) in [5.74, 6) is 0.346. The predicted molar refractivity (Wildman–Crippen MR) is 138 cm³/mol. The fraction of sp³-hybridized carbons (Fsp3) is 0.385. The molecule has 2 heterocycles. The molecule has 0 atom stereocenters. The van der Waals surface area contributed by atoms with Crippen LogP contribution in [0.25, 0.3) is 17.2 Å². The van der Waals surface area contributed by atoms with E-state index in [-0.39, 0.29) is 30.3 Å². The Morgan fingerprint density at radius 2 is 1.80 bits per heavy atom. The Morgan fingerprint density at radius 1 is 1.11 bits per heavy atom. The van der Waals surface area contributed by atoms with Gasteiger partial charge in [-0.15, -0.1) is 0 Å². The van der Waals surface area contributed by atoms with Crippen molar-refractivity contribution >= 4 is 33.5 Å². The minimum absolute atomic E-state index is 0.0159. The number of benzene rings is 2. The zero-order valence-corrected chi connectivity index (χ0v) is 21.0. The first-order chi connectivity index (χ1) is 16.7. The molecule has 0 saturated carbocycles. The highest BCUT2D eigenvalue weighted by atomic mass is 32.2. The molecular weight excluding hydrogens is 464 g/mol. The van der Waals surface area contributed by atoms with Crippen LogP contribution in [0.3, 0.4) is 0 Å². The number of aliphatic imine (C=N–C) groups is 1. The van der Waals surface area contributed by atoms with Gasteiger partial charge in [0.25, 0.3) is 0 Å². The van der Waals surface area contributed by atoms with Crippen LogP contribution in [-0.2, 0) is 14.8 Å². The van der Waals surface area contributed by atoms with Crippen molar-refractivity contribution in [2.24, 2.45) is 10.7 Å². The topological polar surface area (TPSA) is 116 Å². The lowest BCUT2D eigenvalue weighted by Gasteiger charge is -2.34. The quantitative estimate of drug-likeness (QED) is 0.582. The maximum Gasteiger partial charge on any atom is 0.250 e. The number of hydrogen-bond acceptors (Lipinski definition) is 6. The third-order valence-electron chi connectivity index (χ3n) is 6.18. The van der Waals surface area contributed by atoms with Crippen LogP contribution >= 0.6 is 0 Å². The summed E-state index contributed by atoms with van der Waals surface area (Å²) in [4.78, 5) is 19.8. The minimum atomic E-state index is -3.66. The summed E-state index contributed by atoms with van der Waals surface area (Å²) in [5.41, 5.74) is 9.77. The minimum Gasteiger partial charge on any atom is -0.390 e. The number of nitrogens with zero attached hydrogens (tertiary/aromatic N) is 3. The second kappa shape index (κ2) is 10.3. The summed E-state index contributed by atoms with van der Waals surface area (Å²) in [7, 11) is -3.66. The number of hydrogen-bond donors (Lipinski definition) is 2. The van der Waals surface area contributed by atoms with Crippen LogP contribution in [0.15, 0.2) is 57.9 Å². The van der Waals surface area contributed by atoms with Crippen molar-refractivity contribution in [3.05, 3.63) is 53.6 Å². The number of nitrogens with two attached hydrogens (primary N) is 1. The van der Waals surface area contributed by atoms with Gasteiger partial charge in [0.1, 0.15) is 5.84 Å². The molecular formula is C26H32N4O4S. The Kier molecular flexibility index (Phi) is 7.39. The van der Waals surface area contributed by atoms with Crippen LogP contribution in [0.5, 0.6) is 0 Å². The molecule has 1 saturated heterocycles. The van der Waals surface area contributed by atoms with Gasteiger partial charge in [0.2, 0.25) is 15.9 Å². The highest BCUT2D eigenvalue weighted by molar-refractivity contribution is 7.89.